The third kappa shape index (κ3) is 8.93. The van der Waals surface area contributed by atoms with E-state index in [-0.39, 0.29) is 48.8 Å². The van der Waals surface area contributed by atoms with Crippen LogP contribution in [-0.2, 0) is 26.2 Å². The summed E-state index contributed by atoms with van der Waals surface area (Å²) in [5.74, 6) is -0.0130. The average Bonchev–Trinajstić information content (AvgIpc) is 2.83. The van der Waals surface area contributed by atoms with Gasteiger partial charge in [0.1, 0.15) is 11.8 Å². The van der Waals surface area contributed by atoms with Gasteiger partial charge in [0.05, 0.1) is 24.1 Å². The number of benzene rings is 2. The van der Waals surface area contributed by atoms with Crippen molar-refractivity contribution in [1.29, 1.82) is 0 Å². The van der Waals surface area contributed by atoms with Crippen LogP contribution in [0.25, 0.3) is 0 Å². The minimum atomic E-state index is -3.63. The molecule has 2 aromatic rings. The van der Waals surface area contributed by atoms with Crippen LogP contribution >= 0.6 is 11.6 Å². The highest BCUT2D eigenvalue weighted by atomic mass is 35.5. The minimum absolute atomic E-state index is 0.00879. The standard InChI is InChI=1S/C27H38ClN3O5S/c1-7-20(3)29-27(33)21(4)30(18-22-11-8-10-19(2)16-22)26(32)12-9-15-31(37(6,34)35)23-13-14-25(36-5)24(28)17-23/h8,10-11,13-14,16-17,20-21H,7,9,12,15,18H2,1-6H3,(H,29,33). The number of carbonyl (C=O) groups excluding carboxylic acids is 2. The smallest absolute Gasteiger partial charge is 0.242 e. The number of halogens is 1. The van der Waals surface area contributed by atoms with E-state index in [0.29, 0.717) is 11.4 Å². The van der Waals surface area contributed by atoms with Crippen LogP contribution in [0.5, 0.6) is 5.75 Å². The molecule has 8 nitrogen and oxygen atoms in total. The van der Waals surface area contributed by atoms with Gasteiger partial charge in [0.25, 0.3) is 0 Å². The predicted molar refractivity (Wildman–Crippen MR) is 149 cm³/mol. The van der Waals surface area contributed by atoms with Crippen molar-refractivity contribution in [3.63, 3.8) is 0 Å². The van der Waals surface area contributed by atoms with Gasteiger partial charge in [-0.15, -0.1) is 0 Å². The fourth-order valence-corrected chi connectivity index (χ4v) is 5.08. The van der Waals surface area contributed by atoms with Crippen LogP contribution in [0, 0.1) is 6.92 Å². The van der Waals surface area contributed by atoms with Gasteiger partial charge >= 0.3 is 0 Å². The number of nitrogens with zero attached hydrogens (tertiary/aromatic N) is 2. The second kappa shape index (κ2) is 13.7. The second-order valence-electron chi connectivity index (χ2n) is 9.26. The van der Waals surface area contributed by atoms with E-state index in [9.17, 15) is 18.0 Å². The average molecular weight is 552 g/mol. The molecular weight excluding hydrogens is 514 g/mol. The maximum atomic E-state index is 13.4. The molecule has 0 saturated carbocycles. The summed E-state index contributed by atoms with van der Waals surface area (Å²) in [6.07, 6.45) is 2.22. The van der Waals surface area contributed by atoms with Crippen LogP contribution in [0.1, 0.15) is 51.2 Å². The molecule has 0 radical (unpaired) electrons. The highest BCUT2D eigenvalue weighted by Crippen LogP contribution is 2.30. The largest absolute Gasteiger partial charge is 0.495 e. The Hall–Kier alpha value is -2.78. The Morgan fingerprint density at radius 3 is 2.41 bits per heavy atom. The molecular formula is C27H38ClN3O5S. The van der Waals surface area contributed by atoms with Crippen LogP contribution < -0.4 is 14.4 Å². The van der Waals surface area contributed by atoms with Gasteiger partial charge in [-0.2, -0.15) is 0 Å². The monoisotopic (exact) mass is 551 g/mol. The van der Waals surface area contributed by atoms with Gasteiger partial charge in [-0.25, -0.2) is 8.42 Å². The third-order valence-electron chi connectivity index (χ3n) is 6.18. The molecule has 0 aromatic heterocycles. The van der Waals surface area contributed by atoms with E-state index in [2.05, 4.69) is 5.32 Å². The molecule has 0 spiro atoms. The molecule has 2 atom stereocenters. The number of ether oxygens (including phenoxy) is 1. The fourth-order valence-electron chi connectivity index (χ4n) is 3.87. The molecule has 37 heavy (non-hydrogen) atoms. The van der Waals surface area contributed by atoms with E-state index in [1.165, 1.54) is 17.5 Å². The zero-order valence-corrected chi connectivity index (χ0v) is 24.0. The number of amides is 2. The van der Waals surface area contributed by atoms with Gasteiger partial charge in [-0.05, 0) is 57.4 Å². The molecule has 0 aliphatic rings. The Bertz CT molecular complexity index is 1190. The van der Waals surface area contributed by atoms with Crippen LogP contribution in [0.2, 0.25) is 5.02 Å². The summed E-state index contributed by atoms with van der Waals surface area (Å²) in [6.45, 7) is 7.95. The molecule has 2 amide bonds. The lowest BCUT2D eigenvalue weighted by atomic mass is 10.1. The van der Waals surface area contributed by atoms with E-state index in [1.807, 2.05) is 45.0 Å². The first kappa shape index (κ1) is 30.4. The lowest BCUT2D eigenvalue weighted by Gasteiger charge is -2.30. The van der Waals surface area contributed by atoms with Crippen molar-refractivity contribution in [1.82, 2.24) is 10.2 Å². The number of rotatable bonds is 13. The molecule has 1 N–H and O–H groups in total. The summed E-state index contributed by atoms with van der Waals surface area (Å²) in [7, 11) is -2.15. The Balaban J connectivity index is 2.20. The number of aryl methyl sites for hydroxylation is 1. The molecule has 0 aliphatic heterocycles. The molecule has 10 heteroatoms. The maximum Gasteiger partial charge on any atom is 0.242 e. The molecule has 0 aliphatic carbocycles. The van der Waals surface area contributed by atoms with Crippen molar-refractivity contribution in [2.75, 3.05) is 24.2 Å². The molecule has 204 valence electrons. The molecule has 2 rings (SSSR count). The number of nitrogens with one attached hydrogen (secondary N) is 1. The summed E-state index contributed by atoms with van der Waals surface area (Å²) >= 11 is 6.20. The number of carbonyl (C=O) groups is 2. The summed E-state index contributed by atoms with van der Waals surface area (Å²) in [6, 6.07) is 11.8. The van der Waals surface area contributed by atoms with Gasteiger partial charge in [0.15, 0.2) is 0 Å². The van der Waals surface area contributed by atoms with Crippen LogP contribution in [0.3, 0.4) is 0 Å². The SMILES string of the molecule is CCC(C)NC(=O)C(C)N(Cc1cccc(C)c1)C(=O)CCCN(c1ccc(OC)c(Cl)c1)S(C)(=O)=O. The van der Waals surface area contributed by atoms with Crippen molar-refractivity contribution in [3.05, 3.63) is 58.6 Å². The molecule has 2 unspecified atom stereocenters. The lowest BCUT2D eigenvalue weighted by Crippen LogP contribution is -2.49. The van der Waals surface area contributed by atoms with Crippen molar-refractivity contribution in [2.45, 2.75) is 65.6 Å². The molecule has 0 fully saturated rings. The van der Waals surface area contributed by atoms with E-state index in [0.717, 1.165) is 23.8 Å². The highest BCUT2D eigenvalue weighted by Gasteiger charge is 2.27. The van der Waals surface area contributed by atoms with Crippen LogP contribution in [0.15, 0.2) is 42.5 Å². The van der Waals surface area contributed by atoms with Gasteiger partial charge < -0.3 is 15.0 Å². The highest BCUT2D eigenvalue weighted by molar-refractivity contribution is 7.92. The van der Waals surface area contributed by atoms with E-state index in [1.54, 1.807) is 24.0 Å². The number of hydrogen-bond donors (Lipinski definition) is 1. The van der Waals surface area contributed by atoms with Crippen LogP contribution in [0.4, 0.5) is 5.69 Å². The Labute approximate surface area is 226 Å². The van der Waals surface area contributed by atoms with Crippen molar-refractivity contribution >= 4 is 39.1 Å². The van der Waals surface area contributed by atoms with Crippen molar-refractivity contribution in [3.8, 4) is 5.75 Å². The molecule has 2 aromatic carbocycles. The summed E-state index contributed by atoms with van der Waals surface area (Å²) in [4.78, 5) is 27.8. The molecule has 0 saturated heterocycles. The van der Waals surface area contributed by atoms with E-state index in [4.69, 9.17) is 16.3 Å². The van der Waals surface area contributed by atoms with E-state index < -0.39 is 16.1 Å². The lowest BCUT2D eigenvalue weighted by molar-refractivity contribution is -0.140. The summed E-state index contributed by atoms with van der Waals surface area (Å²) < 4.78 is 31.4. The topological polar surface area (TPSA) is 96.0 Å². The van der Waals surface area contributed by atoms with Gasteiger partial charge in [0, 0.05) is 25.6 Å². The normalized spacial score (nSPS) is 12.9. The first-order valence-corrected chi connectivity index (χ1v) is 14.6. The Morgan fingerprint density at radius 2 is 1.84 bits per heavy atom. The number of sulfonamides is 1. The zero-order chi connectivity index (χ0) is 27.8. The predicted octanol–water partition coefficient (Wildman–Crippen LogP) is 4.54. The number of anilines is 1. The van der Waals surface area contributed by atoms with Crippen LogP contribution in [-0.4, -0.2) is 57.1 Å². The fraction of sp³-hybridized carbons (Fsp3) is 0.481. The summed E-state index contributed by atoms with van der Waals surface area (Å²) in [5.41, 5.74) is 2.37. The Kier molecular flexibility index (Phi) is 11.3. The van der Waals surface area contributed by atoms with Crippen molar-refractivity contribution in [2.24, 2.45) is 0 Å². The van der Waals surface area contributed by atoms with Gasteiger partial charge in [-0.3, -0.25) is 13.9 Å². The first-order chi connectivity index (χ1) is 17.4. The maximum absolute atomic E-state index is 13.4. The first-order valence-electron chi connectivity index (χ1n) is 12.3. The molecule has 0 heterocycles. The number of hydrogen-bond acceptors (Lipinski definition) is 5. The molecule has 0 bridgehead atoms. The van der Waals surface area contributed by atoms with E-state index >= 15 is 0 Å². The van der Waals surface area contributed by atoms with Crippen molar-refractivity contribution < 1.29 is 22.7 Å². The number of methoxy groups -OCH3 is 1. The second-order valence-corrected chi connectivity index (χ2v) is 11.6. The quantitative estimate of drug-likeness (QED) is 0.394. The summed E-state index contributed by atoms with van der Waals surface area (Å²) in [5, 5.41) is 3.24. The minimum Gasteiger partial charge on any atom is -0.495 e. The van der Waals surface area contributed by atoms with Gasteiger partial charge in [0.2, 0.25) is 21.8 Å². The third-order valence-corrected chi connectivity index (χ3v) is 7.67. The zero-order valence-electron chi connectivity index (χ0n) is 22.5. The van der Waals surface area contributed by atoms with Gasteiger partial charge in [-0.1, -0.05) is 48.4 Å². The Morgan fingerprint density at radius 1 is 1.14 bits per heavy atom.